The van der Waals surface area contributed by atoms with Crippen molar-refractivity contribution in [3.63, 3.8) is 0 Å². The third-order valence-electron chi connectivity index (χ3n) is 4.53. The van der Waals surface area contributed by atoms with Crippen LogP contribution >= 0.6 is 0 Å². The third-order valence-corrected chi connectivity index (χ3v) is 4.53. The molecule has 2 aromatic rings. The van der Waals surface area contributed by atoms with E-state index < -0.39 is 0 Å². The molecule has 1 heterocycles. The largest absolute Gasteiger partial charge is 0.497 e. The predicted molar refractivity (Wildman–Crippen MR) is 88.3 cm³/mol. The lowest BCUT2D eigenvalue weighted by Crippen LogP contribution is -2.31. The number of nitrogens with one attached hydrogen (secondary N) is 1. The van der Waals surface area contributed by atoms with Crippen molar-refractivity contribution in [3.05, 3.63) is 47.3 Å². The highest BCUT2D eigenvalue weighted by molar-refractivity contribution is 5.76. The molecule has 23 heavy (non-hydrogen) atoms. The second-order valence-electron chi connectivity index (χ2n) is 6.02. The van der Waals surface area contributed by atoms with Crippen LogP contribution in [0.25, 0.3) is 0 Å². The lowest BCUT2D eigenvalue weighted by Gasteiger charge is -2.26. The Labute approximate surface area is 136 Å². The van der Waals surface area contributed by atoms with Crippen LogP contribution in [0.5, 0.6) is 5.75 Å². The molecule has 1 N–H and O–H groups in total. The molecular formula is C18H23N3O2. The van der Waals surface area contributed by atoms with Gasteiger partial charge in [0.15, 0.2) is 0 Å². The van der Waals surface area contributed by atoms with Crippen LogP contribution < -0.4 is 10.1 Å². The van der Waals surface area contributed by atoms with Gasteiger partial charge in [-0.3, -0.25) is 9.48 Å². The Morgan fingerprint density at radius 2 is 2.30 bits per heavy atom. The van der Waals surface area contributed by atoms with Gasteiger partial charge in [0.25, 0.3) is 0 Å². The Morgan fingerprint density at radius 1 is 1.43 bits per heavy atom. The summed E-state index contributed by atoms with van der Waals surface area (Å²) in [6.07, 6.45) is 6.10. The minimum absolute atomic E-state index is 0.0971. The van der Waals surface area contributed by atoms with Crippen molar-refractivity contribution in [1.82, 2.24) is 15.1 Å². The van der Waals surface area contributed by atoms with Crippen molar-refractivity contribution < 1.29 is 9.53 Å². The van der Waals surface area contributed by atoms with Crippen LogP contribution in [0.15, 0.2) is 30.5 Å². The quantitative estimate of drug-likeness (QED) is 0.923. The summed E-state index contributed by atoms with van der Waals surface area (Å²) in [7, 11) is 3.58. The Bertz CT molecular complexity index is 693. The molecule has 0 bridgehead atoms. The molecule has 1 aliphatic rings. The molecule has 0 fully saturated rings. The molecule has 5 heteroatoms. The summed E-state index contributed by atoms with van der Waals surface area (Å²) in [5, 5.41) is 7.31. The number of rotatable bonds is 5. The van der Waals surface area contributed by atoms with Gasteiger partial charge in [-0.1, -0.05) is 6.07 Å². The first kappa shape index (κ1) is 15.6. The van der Waals surface area contributed by atoms with Crippen LogP contribution in [0.4, 0.5) is 0 Å². The highest BCUT2D eigenvalue weighted by Gasteiger charge is 2.22. The Kier molecular flexibility index (Phi) is 4.65. The summed E-state index contributed by atoms with van der Waals surface area (Å²) in [4.78, 5) is 12.3. The minimum Gasteiger partial charge on any atom is -0.497 e. The molecule has 3 rings (SSSR count). The summed E-state index contributed by atoms with van der Waals surface area (Å²) in [6.45, 7) is 0. The molecule has 1 aromatic heterocycles. The molecule has 0 saturated heterocycles. The number of benzene rings is 1. The zero-order chi connectivity index (χ0) is 16.2. The molecule has 1 atom stereocenters. The van der Waals surface area contributed by atoms with E-state index in [0.29, 0.717) is 12.8 Å². The number of ether oxygens (including phenoxy) is 1. The second-order valence-corrected chi connectivity index (χ2v) is 6.02. The summed E-state index contributed by atoms with van der Waals surface area (Å²) in [5.41, 5.74) is 3.59. The van der Waals surface area contributed by atoms with Gasteiger partial charge < -0.3 is 10.1 Å². The van der Waals surface area contributed by atoms with Gasteiger partial charge in [0, 0.05) is 25.4 Å². The standard InChI is InChI=1S/C18H23N3O2/c1-21-14(10-11-19-21)6-9-18(22)20-17-5-3-4-13-12-15(23-2)7-8-16(13)17/h7-8,10-12,17H,3-6,9H2,1-2H3,(H,20,22). The predicted octanol–water partition coefficient (Wildman–Crippen LogP) is 2.56. The lowest BCUT2D eigenvalue weighted by atomic mass is 9.87. The average Bonchev–Trinajstić information content (AvgIpc) is 2.98. The van der Waals surface area contributed by atoms with E-state index in [1.807, 2.05) is 23.9 Å². The topological polar surface area (TPSA) is 56.1 Å². The zero-order valence-electron chi connectivity index (χ0n) is 13.7. The number of hydrogen-bond acceptors (Lipinski definition) is 3. The first-order valence-electron chi connectivity index (χ1n) is 8.10. The maximum atomic E-state index is 12.3. The molecule has 0 saturated carbocycles. The van der Waals surface area contributed by atoms with Crippen molar-refractivity contribution in [1.29, 1.82) is 0 Å². The average molecular weight is 313 g/mol. The molecule has 0 aliphatic heterocycles. The summed E-state index contributed by atoms with van der Waals surface area (Å²) in [5.74, 6) is 0.979. The normalized spacial score (nSPS) is 16.7. The monoisotopic (exact) mass is 313 g/mol. The number of aryl methyl sites for hydroxylation is 3. The summed E-state index contributed by atoms with van der Waals surface area (Å²) >= 11 is 0. The maximum Gasteiger partial charge on any atom is 0.220 e. The molecule has 0 radical (unpaired) electrons. The molecule has 122 valence electrons. The first-order valence-corrected chi connectivity index (χ1v) is 8.10. The van der Waals surface area contributed by atoms with Crippen LogP contribution in [0, 0.1) is 0 Å². The molecule has 1 aliphatic carbocycles. The lowest BCUT2D eigenvalue weighted by molar-refractivity contribution is -0.121. The van der Waals surface area contributed by atoms with Crippen molar-refractivity contribution in [2.75, 3.05) is 7.11 Å². The number of nitrogens with zero attached hydrogens (tertiary/aromatic N) is 2. The van der Waals surface area contributed by atoms with Crippen molar-refractivity contribution >= 4 is 5.91 Å². The Balaban J connectivity index is 1.62. The van der Waals surface area contributed by atoms with Crippen LogP contribution in [0.1, 0.15) is 42.1 Å². The number of fused-ring (bicyclic) bond motifs is 1. The highest BCUT2D eigenvalue weighted by atomic mass is 16.5. The molecule has 1 unspecified atom stereocenters. The van der Waals surface area contributed by atoms with E-state index in [2.05, 4.69) is 22.5 Å². The van der Waals surface area contributed by atoms with Crippen LogP contribution in [-0.2, 0) is 24.7 Å². The highest BCUT2D eigenvalue weighted by Crippen LogP contribution is 2.32. The van der Waals surface area contributed by atoms with Crippen molar-refractivity contribution in [2.24, 2.45) is 7.05 Å². The number of carbonyl (C=O) groups is 1. The van der Waals surface area contributed by atoms with Gasteiger partial charge in [-0.05, 0) is 55.0 Å². The maximum absolute atomic E-state index is 12.3. The van der Waals surface area contributed by atoms with E-state index >= 15 is 0 Å². The Hall–Kier alpha value is -2.30. The summed E-state index contributed by atoms with van der Waals surface area (Å²) < 4.78 is 7.11. The van der Waals surface area contributed by atoms with Gasteiger partial charge in [-0.25, -0.2) is 0 Å². The SMILES string of the molecule is COc1ccc2c(c1)CCCC2NC(=O)CCc1ccnn1C. The molecule has 5 nitrogen and oxygen atoms in total. The van der Waals surface area contributed by atoms with Gasteiger partial charge in [0.1, 0.15) is 5.75 Å². The fourth-order valence-electron chi connectivity index (χ4n) is 3.22. The van der Waals surface area contributed by atoms with E-state index in [9.17, 15) is 4.79 Å². The van der Waals surface area contributed by atoms with Gasteiger partial charge >= 0.3 is 0 Å². The van der Waals surface area contributed by atoms with E-state index in [4.69, 9.17) is 4.74 Å². The summed E-state index contributed by atoms with van der Waals surface area (Å²) in [6, 6.07) is 8.21. The van der Waals surface area contributed by atoms with Crippen LogP contribution in [0.2, 0.25) is 0 Å². The van der Waals surface area contributed by atoms with E-state index in [-0.39, 0.29) is 11.9 Å². The molecular weight excluding hydrogens is 290 g/mol. The van der Waals surface area contributed by atoms with Gasteiger partial charge in [-0.2, -0.15) is 5.10 Å². The number of carbonyl (C=O) groups excluding carboxylic acids is 1. The number of methoxy groups -OCH3 is 1. The number of amides is 1. The smallest absolute Gasteiger partial charge is 0.220 e. The molecule has 1 amide bonds. The van der Waals surface area contributed by atoms with Crippen LogP contribution in [-0.4, -0.2) is 22.8 Å². The fourth-order valence-corrected chi connectivity index (χ4v) is 3.22. The zero-order valence-corrected chi connectivity index (χ0v) is 13.7. The molecule has 1 aromatic carbocycles. The van der Waals surface area contributed by atoms with Crippen molar-refractivity contribution in [3.8, 4) is 5.75 Å². The fraction of sp³-hybridized carbons (Fsp3) is 0.444. The third kappa shape index (κ3) is 3.55. The Morgan fingerprint density at radius 3 is 3.04 bits per heavy atom. The number of hydrogen-bond donors (Lipinski definition) is 1. The minimum atomic E-state index is 0.0971. The van der Waals surface area contributed by atoms with Gasteiger partial charge in [0.05, 0.1) is 13.2 Å². The molecule has 0 spiro atoms. The first-order chi connectivity index (χ1) is 11.2. The van der Waals surface area contributed by atoms with E-state index in [1.165, 1.54) is 11.1 Å². The van der Waals surface area contributed by atoms with E-state index in [0.717, 1.165) is 30.7 Å². The number of aromatic nitrogens is 2. The second kappa shape index (κ2) is 6.86. The van der Waals surface area contributed by atoms with Gasteiger partial charge in [-0.15, -0.1) is 0 Å². The van der Waals surface area contributed by atoms with E-state index in [1.54, 1.807) is 13.3 Å². The van der Waals surface area contributed by atoms with Crippen LogP contribution in [0.3, 0.4) is 0 Å². The van der Waals surface area contributed by atoms with Crippen molar-refractivity contribution in [2.45, 2.75) is 38.1 Å². The van der Waals surface area contributed by atoms with Gasteiger partial charge in [0.2, 0.25) is 5.91 Å².